The molecule has 2 atom stereocenters. The number of benzene rings is 1. The van der Waals surface area contributed by atoms with Gasteiger partial charge < -0.3 is 25.8 Å². The van der Waals surface area contributed by atoms with Crippen molar-refractivity contribution in [2.24, 2.45) is 0 Å². The first-order chi connectivity index (χ1) is 13.9. The Morgan fingerprint density at radius 1 is 1.24 bits per heavy atom. The number of hydrogen-bond acceptors (Lipinski definition) is 7. The summed E-state index contributed by atoms with van der Waals surface area (Å²) in [6.45, 7) is 3.67. The summed E-state index contributed by atoms with van der Waals surface area (Å²) < 4.78 is 6.12. The van der Waals surface area contributed by atoms with Crippen LogP contribution in [0.4, 0.5) is 11.8 Å². The second kappa shape index (κ2) is 7.61. The number of carbonyl (C=O) groups is 1. The van der Waals surface area contributed by atoms with Crippen LogP contribution in [0.15, 0.2) is 42.6 Å². The maximum Gasteiger partial charge on any atom is 0.251 e. The van der Waals surface area contributed by atoms with Gasteiger partial charge in [-0.25, -0.2) is 4.98 Å². The van der Waals surface area contributed by atoms with Crippen molar-refractivity contribution < 1.29 is 14.6 Å². The second-order valence-electron chi connectivity index (χ2n) is 8.07. The summed E-state index contributed by atoms with van der Waals surface area (Å²) in [5, 5.41) is 14.4. The molecule has 1 amide bonds. The predicted octanol–water partition coefficient (Wildman–Crippen LogP) is 1.37. The molecule has 2 aromatic rings. The Bertz CT molecular complexity index is 870. The van der Waals surface area contributed by atoms with Crippen LogP contribution in [0, 0.1) is 0 Å². The van der Waals surface area contributed by atoms with Crippen LogP contribution in [0.25, 0.3) is 0 Å². The van der Waals surface area contributed by atoms with E-state index >= 15 is 0 Å². The van der Waals surface area contributed by atoms with Crippen LogP contribution in [-0.4, -0.2) is 57.9 Å². The van der Waals surface area contributed by atoms with E-state index in [9.17, 15) is 9.90 Å². The number of nitrogens with two attached hydrogens (primary N) is 1. The van der Waals surface area contributed by atoms with Crippen LogP contribution in [0.2, 0.25) is 0 Å². The number of anilines is 2. The third-order valence-corrected chi connectivity index (χ3v) is 6.10. The van der Waals surface area contributed by atoms with Gasteiger partial charge in [-0.15, -0.1) is 0 Å². The first-order valence-electron chi connectivity index (χ1n) is 9.95. The molecule has 0 aliphatic carbocycles. The molecule has 2 aliphatic heterocycles. The van der Waals surface area contributed by atoms with E-state index in [1.54, 1.807) is 24.4 Å². The second-order valence-corrected chi connectivity index (χ2v) is 8.07. The molecule has 0 bridgehead atoms. The molecule has 0 unspecified atom stereocenters. The maximum atomic E-state index is 12.7. The number of piperidine rings is 1. The molecule has 2 aliphatic rings. The molecule has 2 fully saturated rings. The number of nitrogens with one attached hydrogen (secondary N) is 1. The van der Waals surface area contributed by atoms with E-state index in [0.29, 0.717) is 56.3 Å². The summed E-state index contributed by atoms with van der Waals surface area (Å²) in [6.07, 6.45) is 2.60. The lowest BCUT2D eigenvalue weighted by molar-refractivity contribution is -0.195. The fourth-order valence-corrected chi connectivity index (χ4v) is 4.33. The molecule has 1 aromatic carbocycles. The van der Waals surface area contributed by atoms with Crippen LogP contribution in [0.3, 0.4) is 0 Å². The van der Waals surface area contributed by atoms with Gasteiger partial charge in [0.25, 0.3) is 5.91 Å². The Balaban J connectivity index is 1.47. The smallest absolute Gasteiger partial charge is 0.251 e. The molecule has 29 heavy (non-hydrogen) atoms. The number of nitrogen functional groups attached to an aromatic ring is 1. The normalized spacial score (nSPS) is 26.3. The third kappa shape index (κ3) is 3.77. The molecule has 2 saturated heterocycles. The zero-order chi connectivity index (χ0) is 20.5. The molecule has 8 nitrogen and oxygen atoms in total. The lowest BCUT2D eigenvalue weighted by atomic mass is 9.73. The highest BCUT2D eigenvalue weighted by molar-refractivity contribution is 5.94. The lowest BCUT2D eigenvalue weighted by Crippen LogP contribution is -2.69. The molecule has 4 rings (SSSR count). The lowest BCUT2D eigenvalue weighted by Gasteiger charge is -2.53. The fraction of sp³-hybridized carbons (Fsp3) is 0.476. The minimum absolute atomic E-state index is 0.185. The number of aliphatic hydroxyl groups excluding tert-OH is 1. The number of carbonyl (C=O) groups excluding carboxylic acids is 1. The highest BCUT2D eigenvalue weighted by Crippen LogP contribution is 2.40. The van der Waals surface area contributed by atoms with Gasteiger partial charge in [0.2, 0.25) is 5.95 Å². The summed E-state index contributed by atoms with van der Waals surface area (Å²) >= 11 is 0. The zero-order valence-electron chi connectivity index (χ0n) is 16.5. The van der Waals surface area contributed by atoms with Crippen LogP contribution in [-0.2, 0) is 4.74 Å². The van der Waals surface area contributed by atoms with Gasteiger partial charge in [0.1, 0.15) is 11.9 Å². The van der Waals surface area contributed by atoms with Gasteiger partial charge in [0.15, 0.2) is 0 Å². The van der Waals surface area contributed by atoms with Gasteiger partial charge >= 0.3 is 0 Å². The van der Waals surface area contributed by atoms with Crippen molar-refractivity contribution in [2.45, 2.75) is 43.4 Å². The van der Waals surface area contributed by atoms with E-state index in [1.165, 1.54) is 0 Å². The molecule has 1 aromatic heterocycles. The highest BCUT2D eigenvalue weighted by Gasteiger charge is 2.54. The molecular weight excluding hydrogens is 370 g/mol. The average molecular weight is 397 g/mol. The molecular formula is C21H27N5O3. The van der Waals surface area contributed by atoms with Gasteiger partial charge in [-0.05, 0) is 44.4 Å². The molecule has 0 radical (unpaired) electrons. The highest BCUT2D eigenvalue weighted by atomic mass is 16.5. The van der Waals surface area contributed by atoms with Crippen LogP contribution in [0.5, 0.6) is 0 Å². The fourth-order valence-electron chi connectivity index (χ4n) is 4.33. The standard InChI is InChI=1S/C21H27N5O3/c1-20(25-17(27)15-5-3-2-4-6-15)10-14-29-21(18(20)28)8-12-26(13-9-21)19-23-11-7-16(22)24-19/h2-7,11,18,28H,8-10,12-14H2,1H3,(H,25,27)(H2,22,23,24)/t18-,20+/m1/s1. The van der Waals surface area contributed by atoms with Crippen molar-refractivity contribution >= 4 is 17.7 Å². The maximum absolute atomic E-state index is 12.7. The van der Waals surface area contributed by atoms with Crippen molar-refractivity contribution in [3.05, 3.63) is 48.2 Å². The Kier molecular flexibility index (Phi) is 5.14. The van der Waals surface area contributed by atoms with Crippen molar-refractivity contribution in [1.82, 2.24) is 15.3 Å². The molecule has 0 saturated carbocycles. The molecule has 154 valence electrons. The molecule has 1 spiro atoms. The number of hydrogen-bond donors (Lipinski definition) is 3. The zero-order valence-corrected chi connectivity index (χ0v) is 16.5. The molecule has 8 heteroatoms. The van der Waals surface area contributed by atoms with Gasteiger partial charge in [0.05, 0.1) is 11.1 Å². The Morgan fingerprint density at radius 3 is 2.66 bits per heavy atom. The number of nitrogens with zero attached hydrogens (tertiary/aromatic N) is 3. The molecule has 4 N–H and O–H groups in total. The van der Waals surface area contributed by atoms with E-state index in [1.807, 2.05) is 30.0 Å². The van der Waals surface area contributed by atoms with Gasteiger partial charge in [-0.2, -0.15) is 4.98 Å². The summed E-state index contributed by atoms with van der Waals surface area (Å²) in [5.74, 6) is 0.834. The number of ether oxygens (including phenoxy) is 1. The quantitative estimate of drug-likeness (QED) is 0.717. The topological polar surface area (TPSA) is 114 Å². The summed E-state index contributed by atoms with van der Waals surface area (Å²) in [7, 11) is 0. The SMILES string of the molecule is C[C@]1(NC(=O)c2ccccc2)CCOC2(CCN(c3nccc(N)n3)CC2)[C@@H]1O. The minimum Gasteiger partial charge on any atom is -0.388 e. The average Bonchev–Trinajstić information content (AvgIpc) is 2.73. The first kappa shape index (κ1) is 19.6. The van der Waals surface area contributed by atoms with Gasteiger partial charge in [-0.3, -0.25) is 4.79 Å². The summed E-state index contributed by atoms with van der Waals surface area (Å²) in [4.78, 5) is 23.3. The van der Waals surface area contributed by atoms with Crippen LogP contribution >= 0.6 is 0 Å². The predicted molar refractivity (Wildman–Crippen MR) is 110 cm³/mol. The van der Waals surface area contributed by atoms with E-state index in [4.69, 9.17) is 10.5 Å². The van der Waals surface area contributed by atoms with E-state index in [2.05, 4.69) is 15.3 Å². The van der Waals surface area contributed by atoms with Crippen molar-refractivity contribution in [3.63, 3.8) is 0 Å². The Labute approximate surface area is 170 Å². The molecule has 3 heterocycles. The van der Waals surface area contributed by atoms with E-state index in [-0.39, 0.29) is 5.91 Å². The van der Waals surface area contributed by atoms with Crippen LogP contribution in [0.1, 0.15) is 36.5 Å². The summed E-state index contributed by atoms with van der Waals surface area (Å²) in [5.41, 5.74) is 4.89. The van der Waals surface area contributed by atoms with Crippen LogP contribution < -0.4 is 16.0 Å². The minimum atomic E-state index is -0.819. The van der Waals surface area contributed by atoms with Gasteiger partial charge in [-0.1, -0.05) is 18.2 Å². The van der Waals surface area contributed by atoms with Crippen molar-refractivity contribution in [3.8, 4) is 0 Å². The largest absolute Gasteiger partial charge is 0.388 e. The first-order valence-corrected chi connectivity index (χ1v) is 9.95. The third-order valence-electron chi connectivity index (χ3n) is 6.10. The number of aliphatic hydroxyl groups is 1. The van der Waals surface area contributed by atoms with Crippen molar-refractivity contribution in [1.29, 1.82) is 0 Å². The Hall–Kier alpha value is -2.71. The monoisotopic (exact) mass is 397 g/mol. The number of amides is 1. The van der Waals surface area contributed by atoms with E-state index < -0.39 is 17.2 Å². The number of rotatable bonds is 3. The van der Waals surface area contributed by atoms with Gasteiger partial charge in [0, 0.05) is 31.5 Å². The number of aromatic nitrogens is 2. The summed E-state index contributed by atoms with van der Waals surface area (Å²) in [6, 6.07) is 10.7. The van der Waals surface area contributed by atoms with E-state index in [0.717, 1.165) is 0 Å². The van der Waals surface area contributed by atoms with Crippen molar-refractivity contribution in [2.75, 3.05) is 30.3 Å². The Morgan fingerprint density at radius 2 is 1.97 bits per heavy atom.